The molecule has 1 amide bonds. The van der Waals surface area contributed by atoms with Gasteiger partial charge in [-0.05, 0) is 57.0 Å². The molecule has 2 aliphatic heterocycles. The summed E-state index contributed by atoms with van der Waals surface area (Å²) in [7, 11) is 0. The van der Waals surface area contributed by atoms with Crippen molar-refractivity contribution >= 4 is 5.91 Å². The molecule has 0 N–H and O–H groups in total. The van der Waals surface area contributed by atoms with E-state index in [1.54, 1.807) is 4.68 Å². The van der Waals surface area contributed by atoms with Crippen molar-refractivity contribution in [3.8, 4) is 5.69 Å². The molecule has 0 bridgehead atoms. The largest absolute Gasteiger partial charge is 0.333 e. The van der Waals surface area contributed by atoms with Crippen LogP contribution in [-0.2, 0) is 0 Å². The number of hydrogen-bond acceptors (Lipinski definition) is 3. The Hall–Kier alpha value is -2.14. The molecule has 5 nitrogen and oxygen atoms in total. The first-order valence-corrected chi connectivity index (χ1v) is 9.44. The van der Waals surface area contributed by atoms with E-state index in [0.29, 0.717) is 17.8 Å². The van der Waals surface area contributed by atoms with Gasteiger partial charge >= 0.3 is 0 Å². The number of carbonyl (C=O) groups is 1. The lowest BCUT2D eigenvalue weighted by molar-refractivity contribution is 0.0643. The van der Waals surface area contributed by atoms with E-state index in [2.05, 4.69) is 21.8 Å². The molecule has 0 aliphatic carbocycles. The number of amides is 1. The fourth-order valence-electron chi connectivity index (χ4n) is 4.43. The minimum absolute atomic E-state index is 0.0835. The number of hydrogen-bond donors (Lipinski definition) is 0. The van der Waals surface area contributed by atoms with Gasteiger partial charge in [0.05, 0.1) is 5.69 Å². The lowest BCUT2D eigenvalue weighted by atomic mass is 10.0. The summed E-state index contributed by atoms with van der Waals surface area (Å²) in [5.74, 6) is 0.0835. The normalized spacial score (nSPS) is 24.1. The summed E-state index contributed by atoms with van der Waals surface area (Å²) < 4.78 is 1.78. The van der Waals surface area contributed by atoms with E-state index in [4.69, 9.17) is 0 Å². The molecule has 0 saturated carbocycles. The van der Waals surface area contributed by atoms with Crippen molar-refractivity contribution in [2.75, 3.05) is 19.6 Å². The van der Waals surface area contributed by atoms with Gasteiger partial charge in [0.2, 0.25) is 0 Å². The van der Waals surface area contributed by atoms with Crippen LogP contribution < -0.4 is 0 Å². The Balaban J connectivity index is 1.53. The summed E-state index contributed by atoms with van der Waals surface area (Å²) in [6.07, 6.45) is 6.55. The van der Waals surface area contributed by atoms with Crippen LogP contribution in [0.4, 0.5) is 0 Å². The van der Waals surface area contributed by atoms with Gasteiger partial charge in [-0.2, -0.15) is 5.10 Å². The van der Waals surface area contributed by atoms with Crippen molar-refractivity contribution in [1.29, 1.82) is 0 Å². The predicted octanol–water partition coefficient (Wildman–Crippen LogP) is 2.96. The summed E-state index contributed by atoms with van der Waals surface area (Å²) >= 11 is 0. The highest BCUT2D eigenvalue weighted by Crippen LogP contribution is 2.30. The summed E-state index contributed by atoms with van der Waals surface area (Å²) in [4.78, 5) is 17.7. The molecule has 0 radical (unpaired) electrons. The van der Waals surface area contributed by atoms with E-state index in [1.807, 2.05) is 42.6 Å². The van der Waals surface area contributed by atoms with Crippen LogP contribution in [0.15, 0.2) is 42.6 Å². The topological polar surface area (TPSA) is 41.4 Å². The van der Waals surface area contributed by atoms with Crippen molar-refractivity contribution in [2.45, 2.75) is 44.7 Å². The molecule has 2 saturated heterocycles. The Morgan fingerprint density at radius 1 is 1.08 bits per heavy atom. The van der Waals surface area contributed by atoms with Gasteiger partial charge in [-0.15, -0.1) is 0 Å². The van der Waals surface area contributed by atoms with E-state index in [-0.39, 0.29) is 5.91 Å². The number of rotatable bonds is 4. The van der Waals surface area contributed by atoms with Gasteiger partial charge in [0.15, 0.2) is 5.69 Å². The zero-order chi connectivity index (χ0) is 17.2. The van der Waals surface area contributed by atoms with E-state index in [9.17, 15) is 4.79 Å². The minimum Gasteiger partial charge on any atom is -0.333 e. The van der Waals surface area contributed by atoms with Crippen LogP contribution in [0.2, 0.25) is 0 Å². The SMILES string of the molecule is CCN1CCC[C@@H]1[C@H]1CCCN1C(=O)c1ccn(-c2ccccc2)n1. The lowest BCUT2D eigenvalue weighted by Crippen LogP contribution is -2.48. The third kappa shape index (κ3) is 3.09. The number of benzene rings is 1. The molecule has 1 aromatic carbocycles. The van der Waals surface area contributed by atoms with Crippen LogP contribution in [0.1, 0.15) is 43.1 Å². The molecule has 5 heteroatoms. The molecule has 2 aliphatic rings. The van der Waals surface area contributed by atoms with Crippen LogP contribution in [-0.4, -0.2) is 57.2 Å². The predicted molar refractivity (Wildman–Crippen MR) is 97.9 cm³/mol. The Labute approximate surface area is 149 Å². The molecule has 0 spiro atoms. The van der Waals surface area contributed by atoms with Crippen molar-refractivity contribution < 1.29 is 4.79 Å². The van der Waals surface area contributed by atoms with E-state index < -0.39 is 0 Å². The average molecular weight is 338 g/mol. The van der Waals surface area contributed by atoms with Gasteiger partial charge in [0.1, 0.15) is 0 Å². The number of likely N-dealkylation sites (tertiary alicyclic amines) is 2. The second kappa shape index (κ2) is 7.00. The third-order valence-corrected chi connectivity index (χ3v) is 5.65. The second-order valence-corrected chi connectivity index (χ2v) is 7.03. The van der Waals surface area contributed by atoms with Crippen molar-refractivity contribution in [3.63, 3.8) is 0 Å². The number of aromatic nitrogens is 2. The van der Waals surface area contributed by atoms with Gasteiger partial charge in [0.25, 0.3) is 5.91 Å². The summed E-state index contributed by atoms with van der Waals surface area (Å²) in [6.45, 7) is 5.32. The number of likely N-dealkylation sites (N-methyl/N-ethyl adjacent to an activating group) is 1. The zero-order valence-corrected chi connectivity index (χ0v) is 14.8. The molecule has 25 heavy (non-hydrogen) atoms. The van der Waals surface area contributed by atoms with Gasteiger partial charge in [-0.3, -0.25) is 9.69 Å². The quantitative estimate of drug-likeness (QED) is 0.861. The maximum absolute atomic E-state index is 13.1. The van der Waals surface area contributed by atoms with Crippen LogP contribution in [0.25, 0.3) is 5.69 Å². The monoisotopic (exact) mass is 338 g/mol. The maximum Gasteiger partial charge on any atom is 0.274 e. The van der Waals surface area contributed by atoms with Crippen LogP contribution in [0.5, 0.6) is 0 Å². The molecule has 4 rings (SSSR count). The molecule has 2 aromatic rings. The second-order valence-electron chi connectivity index (χ2n) is 7.03. The first-order valence-electron chi connectivity index (χ1n) is 9.44. The zero-order valence-electron chi connectivity index (χ0n) is 14.8. The Kier molecular flexibility index (Phi) is 4.57. The third-order valence-electron chi connectivity index (χ3n) is 5.65. The minimum atomic E-state index is 0.0835. The van der Waals surface area contributed by atoms with Crippen molar-refractivity contribution in [3.05, 3.63) is 48.3 Å². The smallest absolute Gasteiger partial charge is 0.274 e. The van der Waals surface area contributed by atoms with Gasteiger partial charge in [0, 0.05) is 24.8 Å². The van der Waals surface area contributed by atoms with Crippen molar-refractivity contribution in [2.24, 2.45) is 0 Å². The maximum atomic E-state index is 13.1. The highest BCUT2D eigenvalue weighted by molar-refractivity contribution is 5.92. The van der Waals surface area contributed by atoms with Gasteiger partial charge in [-0.25, -0.2) is 4.68 Å². The van der Waals surface area contributed by atoms with Gasteiger partial charge < -0.3 is 4.90 Å². The molecular weight excluding hydrogens is 312 g/mol. The standard InChI is InChI=1S/C20H26N4O/c1-2-22-13-6-10-18(22)19-11-7-14-23(19)20(25)17-12-15-24(21-17)16-8-4-3-5-9-16/h3-5,8-9,12,15,18-19H,2,6-7,10-11,13-14H2,1H3/t18-,19-/m1/s1. The van der Waals surface area contributed by atoms with E-state index >= 15 is 0 Å². The molecule has 2 fully saturated rings. The highest BCUT2D eigenvalue weighted by atomic mass is 16.2. The average Bonchev–Trinajstić information content (AvgIpc) is 3.41. The van der Waals surface area contributed by atoms with E-state index in [1.165, 1.54) is 19.4 Å². The lowest BCUT2D eigenvalue weighted by Gasteiger charge is -2.34. The Morgan fingerprint density at radius 3 is 2.64 bits per heavy atom. The molecule has 3 heterocycles. The molecule has 0 unspecified atom stereocenters. The summed E-state index contributed by atoms with van der Waals surface area (Å²) in [6, 6.07) is 12.6. The Bertz CT molecular complexity index is 726. The Morgan fingerprint density at radius 2 is 1.84 bits per heavy atom. The first kappa shape index (κ1) is 16.3. The van der Waals surface area contributed by atoms with E-state index in [0.717, 1.165) is 31.6 Å². The molecule has 1 aromatic heterocycles. The number of nitrogens with zero attached hydrogens (tertiary/aromatic N) is 4. The summed E-state index contributed by atoms with van der Waals surface area (Å²) in [5.41, 5.74) is 1.53. The summed E-state index contributed by atoms with van der Waals surface area (Å²) in [5, 5.41) is 4.54. The van der Waals surface area contributed by atoms with Gasteiger partial charge in [-0.1, -0.05) is 25.1 Å². The van der Waals surface area contributed by atoms with Crippen molar-refractivity contribution in [1.82, 2.24) is 19.6 Å². The fourth-order valence-corrected chi connectivity index (χ4v) is 4.43. The number of para-hydroxylation sites is 1. The molecule has 132 valence electrons. The fraction of sp³-hybridized carbons (Fsp3) is 0.500. The first-order chi connectivity index (χ1) is 12.3. The van der Waals surface area contributed by atoms with Crippen LogP contribution >= 0.6 is 0 Å². The van der Waals surface area contributed by atoms with Crippen LogP contribution in [0.3, 0.4) is 0 Å². The van der Waals surface area contributed by atoms with Crippen LogP contribution in [0, 0.1) is 0 Å². The molecular formula is C20H26N4O. The number of carbonyl (C=O) groups excluding carboxylic acids is 1. The molecule has 2 atom stereocenters. The highest BCUT2D eigenvalue weighted by Gasteiger charge is 2.39.